The van der Waals surface area contributed by atoms with Crippen molar-refractivity contribution in [1.82, 2.24) is 15.0 Å². The van der Waals surface area contributed by atoms with Gasteiger partial charge in [-0.2, -0.15) is 0 Å². The highest BCUT2D eigenvalue weighted by Crippen LogP contribution is 2.37. The lowest BCUT2D eigenvalue weighted by atomic mass is 9.78. The predicted octanol–water partition coefficient (Wildman–Crippen LogP) is 6.06. The Balaban J connectivity index is 1.82. The smallest absolute Gasteiger partial charge is 0.146 e. The first-order valence-corrected chi connectivity index (χ1v) is 10.3. The summed E-state index contributed by atoms with van der Waals surface area (Å²) < 4.78 is 0. The van der Waals surface area contributed by atoms with Crippen LogP contribution in [0.4, 0.5) is 0 Å². The lowest BCUT2D eigenvalue weighted by Gasteiger charge is -2.25. The SMILES string of the molecule is Cc1cc(-n2nc3ccc(C(C)(C)c4ccccc4)cc3n2)c(O)c(C(C)(C)C)c1. The molecule has 0 fully saturated rings. The third-order valence-corrected chi connectivity index (χ3v) is 5.86. The summed E-state index contributed by atoms with van der Waals surface area (Å²) in [7, 11) is 0. The zero-order valence-electron chi connectivity index (χ0n) is 18.6. The summed E-state index contributed by atoms with van der Waals surface area (Å²) in [5.41, 5.74) is 6.30. The van der Waals surface area contributed by atoms with E-state index in [4.69, 9.17) is 5.10 Å². The average Bonchev–Trinajstić information content (AvgIpc) is 3.12. The fourth-order valence-electron chi connectivity index (χ4n) is 3.92. The summed E-state index contributed by atoms with van der Waals surface area (Å²) >= 11 is 0. The molecule has 1 aromatic heterocycles. The number of fused-ring (bicyclic) bond motifs is 1. The van der Waals surface area contributed by atoms with E-state index in [0.717, 1.165) is 22.2 Å². The molecule has 1 heterocycles. The van der Waals surface area contributed by atoms with Crippen molar-refractivity contribution in [3.8, 4) is 11.4 Å². The Labute approximate surface area is 178 Å². The standard InChI is InChI=1S/C26H29N3O/c1-17-14-20(25(2,3)4)24(30)23(15-17)29-27-21-13-12-19(16-22(21)28-29)26(5,6)18-10-8-7-9-11-18/h7-16,30H,1-6H3. The molecule has 0 aliphatic rings. The Morgan fingerprint density at radius 3 is 2.10 bits per heavy atom. The van der Waals surface area contributed by atoms with Gasteiger partial charge in [0.1, 0.15) is 22.5 Å². The Hall–Kier alpha value is -3.14. The van der Waals surface area contributed by atoms with Gasteiger partial charge in [-0.05, 0) is 47.2 Å². The van der Waals surface area contributed by atoms with E-state index < -0.39 is 0 Å². The molecule has 0 saturated heterocycles. The van der Waals surface area contributed by atoms with Gasteiger partial charge >= 0.3 is 0 Å². The summed E-state index contributed by atoms with van der Waals surface area (Å²) in [4.78, 5) is 1.56. The van der Waals surface area contributed by atoms with E-state index >= 15 is 0 Å². The van der Waals surface area contributed by atoms with Gasteiger partial charge in [-0.1, -0.05) is 77.1 Å². The third kappa shape index (κ3) is 3.47. The maximum Gasteiger partial charge on any atom is 0.146 e. The van der Waals surface area contributed by atoms with Crippen LogP contribution in [0.1, 0.15) is 56.9 Å². The van der Waals surface area contributed by atoms with E-state index in [2.05, 4.69) is 76.1 Å². The molecule has 3 aromatic carbocycles. The van der Waals surface area contributed by atoms with Gasteiger partial charge in [-0.3, -0.25) is 0 Å². The van der Waals surface area contributed by atoms with Gasteiger partial charge in [0.15, 0.2) is 0 Å². The summed E-state index contributed by atoms with van der Waals surface area (Å²) in [6, 6.07) is 20.7. The molecular weight excluding hydrogens is 370 g/mol. The normalized spacial score (nSPS) is 12.5. The first-order valence-electron chi connectivity index (χ1n) is 10.3. The monoisotopic (exact) mass is 399 g/mol. The Morgan fingerprint density at radius 2 is 1.43 bits per heavy atom. The molecule has 0 unspecified atom stereocenters. The van der Waals surface area contributed by atoms with Crippen LogP contribution in [0.5, 0.6) is 5.75 Å². The maximum atomic E-state index is 11.0. The molecule has 1 N–H and O–H groups in total. The van der Waals surface area contributed by atoms with Gasteiger partial charge in [0, 0.05) is 11.0 Å². The molecule has 154 valence electrons. The number of rotatable bonds is 3. The van der Waals surface area contributed by atoms with Crippen molar-refractivity contribution in [3.05, 3.63) is 82.9 Å². The van der Waals surface area contributed by atoms with Crippen LogP contribution in [0.25, 0.3) is 16.7 Å². The average molecular weight is 400 g/mol. The van der Waals surface area contributed by atoms with E-state index in [9.17, 15) is 5.11 Å². The lowest BCUT2D eigenvalue weighted by Crippen LogP contribution is -2.18. The molecule has 0 aliphatic carbocycles. The second-order valence-corrected chi connectivity index (χ2v) is 9.61. The minimum atomic E-state index is -0.176. The maximum absolute atomic E-state index is 11.0. The van der Waals surface area contributed by atoms with Crippen molar-refractivity contribution >= 4 is 11.0 Å². The fourth-order valence-corrected chi connectivity index (χ4v) is 3.92. The molecular formula is C26H29N3O. The molecule has 0 amide bonds. The third-order valence-electron chi connectivity index (χ3n) is 5.86. The molecule has 0 spiro atoms. The predicted molar refractivity (Wildman–Crippen MR) is 123 cm³/mol. The minimum absolute atomic E-state index is 0.149. The highest BCUT2D eigenvalue weighted by Gasteiger charge is 2.25. The molecule has 0 radical (unpaired) electrons. The van der Waals surface area contributed by atoms with E-state index in [1.807, 2.05) is 31.2 Å². The summed E-state index contributed by atoms with van der Waals surface area (Å²) in [6.07, 6.45) is 0. The van der Waals surface area contributed by atoms with E-state index in [-0.39, 0.29) is 16.6 Å². The quantitative estimate of drug-likeness (QED) is 0.456. The zero-order chi connectivity index (χ0) is 21.7. The van der Waals surface area contributed by atoms with Gasteiger partial charge in [0.05, 0.1) is 0 Å². The first kappa shape index (κ1) is 20.1. The van der Waals surface area contributed by atoms with Crippen molar-refractivity contribution < 1.29 is 5.11 Å². The number of hydrogen-bond donors (Lipinski definition) is 1. The number of phenols is 1. The molecule has 4 aromatic rings. The molecule has 30 heavy (non-hydrogen) atoms. The molecule has 0 aliphatic heterocycles. The number of aromatic nitrogens is 3. The van der Waals surface area contributed by atoms with Crippen LogP contribution in [0.2, 0.25) is 0 Å². The number of aromatic hydroxyl groups is 1. The summed E-state index contributed by atoms with van der Waals surface area (Å²) in [6.45, 7) is 12.7. The Kier molecular flexibility index (Phi) is 4.69. The largest absolute Gasteiger partial charge is 0.505 e. The topological polar surface area (TPSA) is 50.9 Å². The molecule has 0 bridgehead atoms. The van der Waals surface area contributed by atoms with Crippen LogP contribution in [0.15, 0.2) is 60.7 Å². The Morgan fingerprint density at radius 1 is 0.767 bits per heavy atom. The zero-order valence-corrected chi connectivity index (χ0v) is 18.6. The van der Waals surface area contributed by atoms with E-state index in [1.165, 1.54) is 11.1 Å². The van der Waals surface area contributed by atoms with Gasteiger partial charge in [-0.15, -0.1) is 15.0 Å². The van der Waals surface area contributed by atoms with Crippen LogP contribution >= 0.6 is 0 Å². The second-order valence-electron chi connectivity index (χ2n) is 9.61. The number of benzene rings is 3. The number of aryl methyl sites for hydroxylation is 1. The second kappa shape index (κ2) is 6.98. The molecule has 4 heteroatoms. The number of phenolic OH excluding ortho intramolecular Hbond substituents is 1. The Bertz CT molecular complexity index is 1210. The lowest BCUT2D eigenvalue weighted by molar-refractivity contribution is 0.440. The molecule has 4 nitrogen and oxygen atoms in total. The van der Waals surface area contributed by atoms with Crippen molar-refractivity contribution in [3.63, 3.8) is 0 Å². The van der Waals surface area contributed by atoms with Crippen LogP contribution in [0.3, 0.4) is 0 Å². The van der Waals surface area contributed by atoms with Crippen LogP contribution in [0, 0.1) is 6.92 Å². The minimum Gasteiger partial charge on any atom is -0.505 e. The van der Waals surface area contributed by atoms with Gasteiger partial charge < -0.3 is 5.11 Å². The highest BCUT2D eigenvalue weighted by molar-refractivity contribution is 5.75. The first-order chi connectivity index (χ1) is 14.1. The highest BCUT2D eigenvalue weighted by atomic mass is 16.3. The van der Waals surface area contributed by atoms with Gasteiger partial charge in [0.25, 0.3) is 0 Å². The molecule has 0 atom stereocenters. The van der Waals surface area contributed by atoms with Crippen LogP contribution in [-0.4, -0.2) is 20.1 Å². The molecule has 4 rings (SSSR count). The fraction of sp³-hybridized carbons (Fsp3) is 0.308. The van der Waals surface area contributed by atoms with Crippen molar-refractivity contribution in [2.45, 2.75) is 52.4 Å². The van der Waals surface area contributed by atoms with E-state index in [0.29, 0.717) is 5.69 Å². The van der Waals surface area contributed by atoms with Crippen molar-refractivity contribution in [1.29, 1.82) is 0 Å². The molecule has 0 saturated carbocycles. The van der Waals surface area contributed by atoms with Crippen LogP contribution < -0.4 is 0 Å². The van der Waals surface area contributed by atoms with Gasteiger partial charge in [-0.25, -0.2) is 0 Å². The summed E-state index contributed by atoms with van der Waals surface area (Å²) in [5.74, 6) is 0.234. The number of nitrogens with zero attached hydrogens (tertiary/aromatic N) is 3. The number of hydrogen-bond acceptors (Lipinski definition) is 3. The summed E-state index contributed by atoms with van der Waals surface area (Å²) in [5, 5.41) is 20.3. The van der Waals surface area contributed by atoms with Crippen LogP contribution in [-0.2, 0) is 10.8 Å². The van der Waals surface area contributed by atoms with Crippen molar-refractivity contribution in [2.24, 2.45) is 0 Å². The van der Waals surface area contributed by atoms with E-state index in [1.54, 1.807) is 4.80 Å². The van der Waals surface area contributed by atoms with Crippen molar-refractivity contribution in [2.75, 3.05) is 0 Å². The van der Waals surface area contributed by atoms with Gasteiger partial charge in [0.2, 0.25) is 0 Å².